The molecule has 5 rings (SSSR count). The zero-order valence-electron chi connectivity index (χ0n) is 18.4. The van der Waals surface area contributed by atoms with Crippen molar-refractivity contribution in [3.63, 3.8) is 0 Å². The van der Waals surface area contributed by atoms with Gasteiger partial charge >= 0.3 is 0 Å². The first-order valence-corrected chi connectivity index (χ1v) is 11.4. The third kappa shape index (κ3) is 3.19. The second-order valence-corrected chi connectivity index (χ2v) is 9.36. The third-order valence-corrected chi connectivity index (χ3v) is 7.40. The summed E-state index contributed by atoms with van der Waals surface area (Å²) in [6, 6.07) is 11.7. The van der Waals surface area contributed by atoms with Gasteiger partial charge in [0.05, 0.1) is 19.3 Å². The van der Waals surface area contributed by atoms with Crippen molar-refractivity contribution in [2.24, 2.45) is 17.6 Å². The Morgan fingerprint density at radius 2 is 1.97 bits per heavy atom. The number of quaternary nitrogens is 1. The average molecular weight is 484 g/mol. The number of hydrogen-bond donors (Lipinski definition) is 3. The third-order valence-electron chi connectivity index (χ3n) is 7.17. The van der Waals surface area contributed by atoms with Crippen molar-refractivity contribution in [1.82, 2.24) is 4.90 Å². The van der Waals surface area contributed by atoms with Gasteiger partial charge in [0.2, 0.25) is 23.3 Å². The van der Waals surface area contributed by atoms with Crippen molar-refractivity contribution in [3.8, 4) is 5.75 Å². The lowest BCUT2D eigenvalue weighted by Gasteiger charge is -2.26. The number of benzene rings is 2. The number of hydrogen-bond acceptors (Lipinski definition) is 5. The number of halogens is 1. The van der Waals surface area contributed by atoms with E-state index >= 15 is 0 Å². The SMILES string of the molecule is COc1ccccc1CN1C(=O)C2C(CCC(N)=O)[NH2+][C@]3(C(=O)Nc4ccc(Cl)cc43)C2C1=O. The van der Waals surface area contributed by atoms with Crippen molar-refractivity contribution >= 4 is 40.9 Å². The first-order valence-electron chi connectivity index (χ1n) is 11.0. The normalized spacial score (nSPS) is 27.2. The minimum atomic E-state index is -1.35. The number of carbonyl (C=O) groups is 4. The van der Waals surface area contributed by atoms with E-state index in [1.54, 1.807) is 47.8 Å². The van der Waals surface area contributed by atoms with Crippen molar-refractivity contribution in [2.75, 3.05) is 12.4 Å². The molecule has 0 aromatic heterocycles. The summed E-state index contributed by atoms with van der Waals surface area (Å²) >= 11 is 6.26. The number of nitrogens with one attached hydrogen (secondary N) is 1. The van der Waals surface area contributed by atoms with Gasteiger partial charge in [0.25, 0.3) is 5.91 Å². The lowest BCUT2D eigenvalue weighted by molar-refractivity contribution is -0.734. The molecule has 0 saturated carbocycles. The monoisotopic (exact) mass is 483 g/mol. The van der Waals surface area contributed by atoms with Crippen LogP contribution in [0.3, 0.4) is 0 Å². The van der Waals surface area contributed by atoms with Gasteiger partial charge in [0.1, 0.15) is 23.6 Å². The molecule has 2 aromatic rings. The largest absolute Gasteiger partial charge is 0.496 e. The summed E-state index contributed by atoms with van der Waals surface area (Å²) in [4.78, 5) is 53.6. The van der Waals surface area contributed by atoms with Crippen molar-refractivity contribution in [3.05, 3.63) is 58.6 Å². The fourth-order valence-electron chi connectivity index (χ4n) is 5.73. The molecule has 9 nitrogen and oxygen atoms in total. The van der Waals surface area contributed by atoms with Gasteiger partial charge in [-0.15, -0.1) is 0 Å². The standard InChI is InChI=1S/C24H23ClN4O5/c1-34-17-5-3-2-4-12(17)11-29-21(31)19-16(8-9-18(26)30)28-24(20(19)22(29)32)14-10-13(25)6-7-15(14)27-23(24)33/h2-7,10,16,19-20,28H,8-9,11H2,1H3,(H2,26,30)(H,27,33)/p+1/t16?,19?,20?,24-/m0/s1. The number of para-hydroxylation sites is 1. The Kier molecular flexibility index (Phi) is 5.33. The summed E-state index contributed by atoms with van der Waals surface area (Å²) in [6.07, 6.45) is 0.307. The van der Waals surface area contributed by atoms with Crippen molar-refractivity contribution in [1.29, 1.82) is 0 Å². The molecule has 4 atom stereocenters. The highest BCUT2D eigenvalue weighted by Gasteiger charge is 2.74. The maximum atomic E-state index is 13.8. The second kappa shape index (κ2) is 8.11. The zero-order valence-corrected chi connectivity index (χ0v) is 19.2. The highest BCUT2D eigenvalue weighted by molar-refractivity contribution is 6.31. The van der Waals surface area contributed by atoms with Crippen LogP contribution in [0.1, 0.15) is 24.0 Å². The molecule has 10 heteroatoms. The number of methoxy groups -OCH3 is 1. The number of imide groups is 1. The number of rotatable bonds is 6. The molecular formula is C24H24ClN4O5+. The van der Waals surface area contributed by atoms with Gasteiger partial charge in [-0.1, -0.05) is 29.8 Å². The molecule has 34 heavy (non-hydrogen) atoms. The smallest absolute Gasteiger partial charge is 0.291 e. The van der Waals surface area contributed by atoms with E-state index in [-0.39, 0.29) is 31.2 Å². The molecule has 0 radical (unpaired) electrons. The topological polar surface area (TPSA) is 135 Å². The molecule has 3 unspecified atom stereocenters. The fraction of sp³-hybridized carbons (Fsp3) is 0.333. The highest BCUT2D eigenvalue weighted by atomic mass is 35.5. The molecule has 3 heterocycles. The van der Waals surface area contributed by atoms with E-state index in [4.69, 9.17) is 22.1 Å². The van der Waals surface area contributed by atoms with Crippen LogP contribution in [0.5, 0.6) is 5.75 Å². The van der Waals surface area contributed by atoms with E-state index in [1.807, 2.05) is 0 Å². The summed E-state index contributed by atoms with van der Waals surface area (Å²) in [7, 11) is 1.52. The number of nitrogens with zero attached hydrogens (tertiary/aromatic N) is 1. The predicted molar refractivity (Wildman–Crippen MR) is 121 cm³/mol. The number of anilines is 1. The number of carbonyl (C=O) groups excluding carboxylic acids is 4. The maximum Gasteiger partial charge on any atom is 0.291 e. The van der Waals surface area contributed by atoms with E-state index in [0.29, 0.717) is 27.6 Å². The molecule has 3 aliphatic heterocycles. The van der Waals surface area contributed by atoms with E-state index in [2.05, 4.69) is 5.32 Å². The summed E-state index contributed by atoms with van der Waals surface area (Å²) in [5.41, 5.74) is 5.83. The first-order chi connectivity index (χ1) is 16.3. The van der Waals surface area contributed by atoms with Crippen LogP contribution >= 0.6 is 11.6 Å². The van der Waals surface area contributed by atoms with Crippen LogP contribution in [-0.4, -0.2) is 41.7 Å². The summed E-state index contributed by atoms with van der Waals surface area (Å²) in [5.74, 6) is -2.84. The molecular weight excluding hydrogens is 460 g/mol. The van der Waals surface area contributed by atoms with E-state index in [0.717, 1.165) is 0 Å². The molecule has 3 aliphatic rings. The molecule has 1 spiro atoms. The van der Waals surface area contributed by atoms with Crippen LogP contribution in [0, 0.1) is 11.8 Å². The Morgan fingerprint density at radius 1 is 1.21 bits per heavy atom. The zero-order chi connectivity index (χ0) is 24.2. The Bertz CT molecular complexity index is 1230. The van der Waals surface area contributed by atoms with Gasteiger partial charge < -0.3 is 21.1 Å². The second-order valence-electron chi connectivity index (χ2n) is 8.93. The highest BCUT2D eigenvalue weighted by Crippen LogP contribution is 2.50. The van der Waals surface area contributed by atoms with Crippen LogP contribution < -0.4 is 21.1 Å². The molecule has 0 bridgehead atoms. The van der Waals surface area contributed by atoms with Crippen LogP contribution in [0.4, 0.5) is 5.69 Å². The van der Waals surface area contributed by atoms with Gasteiger partial charge in [-0.05, 0) is 24.3 Å². The molecule has 2 aromatic carbocycles. The minimum absolute atomic E-state index is 0.0251. The lowest BCUT2D eigenvalue weighted by Crippen LogP contribution is -2.99. The number of amides is 4. The maximum absolute atomic E-state index is 13.8. The molecule has 0 aliphatic carbocycles. The fourth-order valence-corrected chi connectivity index (χ4v) is 5.90. The van der Waals surface area contributed by atoms with Gasteiger partial charge in [-0.3, -0.25) is 24.1 Å². The number of ether oxygens (including phenoxy) is 1. The Hall–Kier alpha value is -3.43. The van der Waals surface area contributed by atoms with Gasteiger partial charge in [-0.2, -0.15) is 0 Å². The van der Waals surface area contributed by atoms with Crippen LogP contribution in [0.25, 0.3) is 0 Å². The molecule has 4 amide bonds. The number of fused-ring (bicyclic) bond motifs is 4. The number of primary amides is 1. The van der Waals surface area contributed by atoms with Crippen LogP contribution in [0.2, 0.25) is 5.02 Å². The predicted octanol–water partition coefficient (Wildman–Crippen LogP) is 0.509. The summed E-state index contributed by atoms with van der Waals surface area (Å²) < 4.78 is 5.39. The molecule has 176 valence electrons. The Morgan fingerprint density at radius 3 is 2.71 bits per heavy atom. The minimum Gasteiger partial charge on any atom is -0.496 e. The number of likely N-dealkylation sites (tertiary alicyclic amines) is 1. The summed E-state index contributed by atoms with van der Waals surface area (Å²) in [5, 5.41) is 5.03. The van der Waals surface area contributed by atoms with Crippen molar-refractivity contribution in [2.45, 2.75) is 31.0 Å². The molecule has 2 fully saturated rings. The number of nitrogens with two attached hydrogens (primary N) is 2. The Balaban J connectivity index is 1.59. The average Bonchev–Trinajstić information content (AvgIpc) is 3.39. The Labute approximate surface area is 200 Å². The van der Waals surface area contributed by atoms with Gasteiger partial charge in [0.15, 0.2) is 0 Å². The van der Waals surface area contributed by atoms with Crippen LogP contribution in [-0.2, 0) is 31.3 Å². The first kappa shape index (κ1) is 22.4. The molecule has 2 saturated heterocycles. The quantitative estimate of drug-likeness (QED) is 0.514. The van der Waals surface area contributed by atoms with Gasteiger partial charge in [0, 0.05) is 29.0 Å². The van der Waals surface area contributed by atoms with Gasteiger partial charge in [-0.25, -0.2) is 0 Å². The molecule has 5 N–H and O–H groups in total. The van der Waals surface area contributed by atoms with Crippen LogP contribution in [0.15, 0.2) is 42.5 Å². The van der Waals surface area contributed by atoms with Crippen molar-refractivity contribution < 1.29 is 29.2 Å². The van der Waals surface area contributed by atoms with E-state index < -0.39 is 35.2 Å². The van der Waals surface area contributed by atoms with E-state index in [9.17, 15) is 19.2 Å². The summed E-state index contributed by atoms with van der Waals surface area (Å²) in [6.45, 7) is 0.0251. The van der Waals surface area contributed by atoms with E-state index in [1.165, 1.54) is 12.0 Å². The lowest BCUT2D eigenvalue weighted by atomic mass is 9.76.